The largest absolute Gasteiger partial charge is 0.312 e. The molecule has 1 amide bonds. The van der Waals surface area contributed by atoms with Crippen LogP contribution in [0.5, 0.6) is 0 Å². The summed E-state index contributed by atoms with van der Waals surface area (Å²) >= 11 is 0. The van der Waals surface area contributed by atoms with Crippen molar-refractivity contribution < 1.29 is 4.79 Å². The van der Waals surface area contributed by atoms with Gasteiger partial charge in [0.1, 0.15) is 0 Å². The number of nitrogens with zero attached hydrogens (tertiary/aromatic N) is 2. The summed E-state index contributed by atoms with van der Waals surface area (Å²) in [5.41, 5.74) is 2.45. The highest BCUT2D eigenvalue weighted by Crippen LogP contribution is 2.30. The monoisotopic (exact) mass is 244 g/mol. The van der Waals surface area contributed by atoms with Gasteiger partial charge in [-0.3, -0.25) is 4.79 Å². The van der Waals surface area contributed by atoms with E-state index in [0.717, 1.165) is 44.6 Å². The molecule has 0 radical (unpaired) electrons. The number of para-hydroxylation sites is 1. The Bertz CT molecular complexity index is 458. The molecular formula is C15H20N2O. The van der Waals surface area contributed by atoms with E-state index in [0.29, 0.717) is 5.91 Å². The number of carbonyl (C=O) groups excluding carboxylic acids is 1. The lowest BCUT2D eigenvalue weighted by Gasteiger charge is -2.31. The van der Waals surface area contributed by atoms with Crippen molar-refractivity contribution in [3.05, 3.63) is 29.8 Å². The predicted octanol–water partition coefficient (Wildman–Crippen LogP) is 1.92. The molecule has 0 saturated carbocycles. The Labute approximate surface area is 108 Å². The van der Waals surface area contributed by atoms with E-state index in [-0.39, 0.29) is 5.92 Å². The minimum atomic E-state index is 0.190. The molecule has 2 heterocycles. The van der Waals surface area contributed by atoms with Gasteiger partial charge in [0.05, 0.1) is 5.92 Å². The highest BCUT2D eigenvalue weighted by Gasteiger charge is 2.31. The molecule has 3 nitrogen and oxygen atoms in total. The van der Waals surface area contributed by atoms with Crippen LogP contribution < -0.4 is 4.90 Å². The summed E-state index contributed by atoms with van der Waals surface area (Å²) in [5.74, 6) is 0.515. The van der Waals surface area contributed by atoms with Gasteiger partial charge in [0.2, 0.25) is 5.91 Å². The molecular weight excluding hydrogens is 224 g/mol. The first kappa shape index (κ1) is 11.7. The van der Waals surface area contributed by atoms with Gasteiger partial charge in [-0.25, -0.2) is 0 Å². The van der Waals surface area contributed by atoms with E-state index in [9.17, 15) is 4.79 Å². The Morgan fingerprint density at radius 1 is 1.28 bits per heavy atom. The summed E-state index contributed by atoms with van der Waals surface area (Å²) in [4.78, 5) is 16.9. The first-order valence-corrected chi connectivity index (χ1v) is 6.83. The number of piperidine rings is 1. The Hall–Kier alpha value is -1.35. The van der Waals surface area contributed by atoms with Crippen molar-refractivity contribution in [3.8, 4) is 0 Å². The highest BCUT2D eigenvalue weighted by atomic mass is 16.2. The third-order valence-electron chi connectivity index (χ3n) is 4.13. The van der Waals surface area contributed by atoms with Crippen LogP contribution in [0.4, 0.5) is 5.69 Å². The van der Waals surface area contributed by atoms with Crippen LogP contribution in [0.1, 0.15) is 18.4 Å². The summed E-state index contributed by atoms with van der Waals surface area (Å²) in [6, 6.07) is 8.29. The quantitative estimate of drug-likeness (QED) is 0.753. The van der Waals surface area contributed by atoms with Crippen LogP contribution in [0.2, 0.25) is 0 Å². The number of fused-ring (bicyclic) bond motifs is 1. The van der Waals surface area contributed by atoms with Crippen molar-refractivity contribution in [1.29, 1.82) is 0 Å². The molecule has 3 heteroatoms. The van der Waals surface area contributed by atoms with Crippen molar-refractivity contribution in [2.45, 2.75) is 19.3 Å². The molecule has 1 aromatic carbocycles. The number of likely N-dealkylation sites (tertiary alicyclic amines) is 1. The van der Waals surface area contributed by atoms with E-state index in [2.05, 4.69) is 30.1 Å². The van der Waals surface area contributed by atoms with E-state index in [1.807, 2.05) is 11.0 Å². The molecule has 1 aromatic rings. The Morgan fingerprint density at radius 2 is 2.11 bits per heavy atom. The number of hydrogen-bond acceptors (Lipinski definition) is 2. The minimum absolute atomic E-state index is 0.190. The van der Waals surface area contributed by atoms with Gasteiger partial charge in [0, 0.05) is 18.8 Å². The zero-order valence-corrected chi connectivity index (χ0v) is 10.9. The van der Waals surface area contributed by atoms with Gasteiger partial charge in [0.15, 0.2) is 0 Å². The second-order valence-electron chi connectivity index (χ2n) is 5.47. The number of hydrogen-bond donors (Lipinski definition) is 0. The van der Waals surface area contributed by atoms with Crippen molar-refractivity contribution in [3.63, 3.8) is 0 Å². The zero-order valence-electron chi connectivity index (χ0n) is 10.9. The van der Waals surface area contributed by atoms with Gasteiger partial charge in [-0.1, -0.05) is 18.2 Å². The van der Waals surface area contributed by atoms with Crippen LogP contribution >= 0.6 is 0 Å². The zero-order chi connectivity index (χ0) is 12.5. The molecule has 1 unspecified atom stereocenters. The average molecular weight is 244 g/mol. The average Bonchev–Trinajstić information content (AvgIpc) is 2.82. The molecule has 0 aliphatic carbocycles. The molecule has 0 bridgehead atoms. The maximum Gasteiger partial charge on any atom is 0.231 e. The molecule has 1 saturated heterocycles. The van der Waals surface area contributed by atoms with Crippen molar-refractivity contribution in [2.75, 3.05) is 31.6 Å². The number of carbonyl (C=O) groups is 1. The van der Waals surface area contributed by atoms with Gasteiger partial charge in [0.25, 0.3) is 0 Å². The Morgan fingerprint density at radius 3 is 2.94 bits per heavy atom. The second kappa shape index (κ2) is 4.73. The normalized spacial score (nSPS) is 24.1. The van der Waals surface area contributed by atoms with Gasteiger partial charge in [-0.2, -0.15) is 0 Å². The van der Waals surface area contributed by atoms with Crippen molar-refractivity contribution >= 4 is 11.6 Å². The van der Waals surface area contributed by atoms with Gasteiger partial charge in [-0.15, -0.1) is 0 Å². The topological polar surface area (TPSA) is 23.6 Å². The second-order valence-corrected chi connectivity index (χ2v) is 5.47. The number of amides is 1. The van der Waals surface area contributed by atoms with Gasteiger partial charge in [-0.05, 0) is 44.5 Å². The maximum atomic E-state index is 12.6. The van der Waals surface area contributed by atoms with Crippen LogP contribution in [0, 0.1) is 5.92 Å². The lowest BCUT2D eigenvalue weighted by Crippen LogP contribution is -2.43. The lowest BCUT2D eigenvalue weighted by molar-refractivity contribution is -0.123. The molecule has 1 atom stereocenters. The SMILES string of the molecule is CN1CCCC(C(=O)N2CCc3ccccc32)C1. The molecule has 18 heavy (non-hydrogen) atoms. The predicted molar refractivity (Wildman–Crippen MR) is 72.7 cm³/mol. The minimum Gasteiger partial charge on any atom is -0.312 e. The van der Waals surface area contributed by atoms with Gasteiger partial charge < -0.3 is 9.80 Å². The van der Waals surface area contributed by atoms with Crippen LogP contribution in [-0.2, 0) is 11.2 Å². The molecule has 0 aromatic heterocycles. The summed E-state index contributed by atoms with van der Waals surface area (Å²) in [7, 11) is 2.11. The maximum absolute atomic E-state index is 12.6. The molecule has 1 fully saturated rings. The number of rotatable bonds is 1. The van der Waals surface area contributed by atoms with E-state index < -0.39 is 0 Å². The van der Waals surface area contributed by atoms with E-state index in [1.54, 1.807) is 0 Å². The van der Waals surface area contributed by atoms with Crippen LogP contribution in [0.15, 0.2) is 24.3 Å². The number of benzene rings is 1. The number of anilines is 1. The van der Waals surface area contributed by atoms with Crippen LogP contribution in [0.25, 0.3) is 0 Å². The summed E-state index contributed by atoms with van der Waals surface area (Å²) in [6.07, 6.45) is 3.19. The first-order valence-electron chi connectivity index (χ1n) is 6.83. The fourth-order valence-electron chi connectivity index (χ4n) is 3.16. The lowest BCUT2D eigenvalue weighted by atomic mass is 9.97. The van der Waals surface area contributed by atoms with Crippen molar-refractivity contribution in [2.24, 2.45) is 5.92 Å². The first-order chi connectivity index (χ1) is 8.75. The highest BCUT2D eigenvalue weighted by molar-refractivity contribution is 5.97. The summed E-state index contributed by atoms with van der Waals surface area (Å²) < 4.78 is 0. The van der Waals surface area contributed by atoms with Crippen molar-refractivity contribution in [1.82, 2.24) is 4.90 Å². The standard InChI is InChI=1S/C15H20N2O/c1-16-9-4-6-13(11-16)15(18)17-10-8-12-5-2-3-7-14(12)17/h2-3,5,7,13H,4,6,8-11H2,1H3. The molecule has 96 valence electrons. The fraction of sp³-hybridized carbons (Fsp3) is 0.533. The molecule has 0 spiro atoms. The Balaban J connectivity index is 1.78. The third-order valence-corrected chi connectivity index (χ3v) is 4.13. The Kier molecular flexibility index (Phi) is 3.08. The van der Waals surface area contributed by atoms with E-state index in [4.69, 9.17) is 0 Å². The van der Waals surface area contributed by atoms with E-state index in [1.165, 1.54) is 5.56 Å². The molecule has 3 rings (SSSR count). The fourth-order valence-corrected chi connectivity index (χ4v) is 3.16. The summed E-state index contributed by atoms with van der Waals surface area (Å²) in [6.45, 7) is 2.90. The molecule has 2 aliphatic heterocycles. The molecule has 0 N–H and O–H groups in total. The summed E-state index contributed by atoms with van der Waals surface area (Å²) in [5, 5.41) is 0. The van der Waals surface area contributed by atoms with E-state index >= 15 is 0 Å². The van der Waals surface area contributed by atoms with Crippen LogP contribution in [0.3, 0.4) is 0 Å². The molecule has 2 aliphatic rings. The third kappa shape index (κ3) is 2.03. The smallest absolute Gasteiger partial charge is 0.231 e. The van der Waals surface area contributed by atoms with Crippen LogP contribution in [-0.4, -0.2) is 37.5 Å². The van der Waals surface area contributed by atoms with Gasteiger partial charge >= 0.3 is 0 Å².